The van der Waals surface area contributed by atoms with Crippen LogP contribution in [-0.4, -0.2) is 29.5 Å². The molecule has 12 rings (SSSR count). The van der Waals surface area contributed by atoms with Crippen molar-refractivity contribution < 1.29 is 0 Å². The quantitative estimate of drug-likeness (QED) is 0.147. The predicted molar refractivity (Wildman–Crippen MR) is 278 cm³/mol. The van der Waals surface area contributed by atoms with Crippen LogP contribution >= 0.6 is 0 Å². The fourth-order valence-electron chi connectivity index (χ4n) is 9.01. The molecule has 9 aromatic carbocycles. The van der Waals surface area contributed by atoms with Crippen molar-refractivity contribution in [3.05, 3.63) is 243 Å². The molecule has 0 bridgehead atoms. The number of fused-ring (bicyclic) bond motifs is 3. The summed E-state index contributed by atoms with van der Waals surface area (Å²) in [6.07, 6.45) is 1.97. The maximum absolute atomic E-state index is 5.26. The average molecular weight is 872 g/mol. The van der Waals surface area contributed by atoms with Crippen molar-refractivity contribution in [2.45, 2.75) is 0 Å². The summed E-state index contributed by atoms with van der Waals surface area (Å²) in [6, 6.07) is 81.5. The summed E-state index contributed by atoms with van der Waals surface area (Å²) in [4.78, 5) is 25.3. The van der Waals surface area contributed by atoms with Gasteiger partial charge in [0.05, 0.1) is 16.7 Å². The summed E-state index contributed by atoms with van der Waals surface area (Å²) in [7, 11) is 0. The van der Waals surface area contributed by atoms with Gasteiger partial charge < -0.3 is 9.88 Å². The molecule has 0 amide bonds. The number of benzene rings is 9. The van der Waals surface area contributed by atoms with E-state index in [1.165, 1.54) is 0 Å². The van der Waals surface area contributed by atoms with Gasteiger partial charge in [-0.05, 0) is 65.7 Å². The van der Waals surface area contributed by atoms with Crippen LogP contribution in [0.2, 0.25) is 0 Å². The number of aromatic nitrogens is 6. The van der Waals surface area contributed by atoms with Gasteiger partial charge in [0.1, 0.15) is 0 Å². The van der Waals surface area contributed by atoms with Crippen molar-refractivity contribution >= 4 is 33.2 Å². The zero-order valence-corrected chi connectivity index (χ0v) is 36.8. The number of nitrogens with one attached hydrogen (secondary N) is 1. The molecule has 1 N–H and O–H groups in total. The molecule has 0 aliphatic heterocycles. The smallest absolute Gasteiger partial charge is 0.164 e. The predicted octanol–water partition coefficient (Wildman–Crippen LogP) is 15.2. The van der Waals surface area contributed by atoms with Crippen molar-refractivity contribution in [3.63, 3.8) is 0 Å². The molecule has 0 atom stereocenters. The molecule has 3 aromatic heterocycles. The highest BCUT2D eigenvalue weighted by atomic mass is 15.0. The lowest BCUT2D eigenvalue weighted by Gasteiger charge is -2.17. The molecular formula is C61H41N7. The van der Waals surface area contributed by atoms with Crippen LogP contribution in [0.15, 0.2) is 243 Å². The minimum atomic E-state index is 0.610. The molecular weight excluding hydrogens is 831 g/mol. The molecule has 0 unspecified atom stereocenters. The Bertz CT molecular complexity index is 3690. The van der Waals surface area contributed by atoms with Gasteiger partial charge in [0.25, 0.3) is 0 Å². The Morgan fingerprint density at radius 3 is 1.50 bits per heavy atom. The normalized spacial score (nSPS) is 11.2. The minimum absolute atomic E-state index is 0.610. The van der Waals surface area contributed by atoms with Crippen molar-refractivity contribution in [1.29, 1.82) is 0 Å². The molecule has 0 saturated heterocycles. The van der Waals surface area contributed by atoms with Gasteiger partial charge in [0, 0.05) is 73.0 Å². The number of anilines is 2. The molecule has 7 nitrogen and oxygen atoms in total. The van der Waals surface area contributed by atoms with Crippen LogP contribution in [-0.2, 0) is 0 Å². The number of para-hydroxylation sites is 2. The van der Waals surface area contributed by atoms with Gasteiger partial charge in [0.15, 0.2) is 23.3 Å². The Labute approximate surface area is 393 Å². The zero-order chi connectivity index (χ0) is 45.2. The molecule has 0 fully saturated rings. The molecule has 0 aliphatic carbocycles. The summed E-state index contributed by atoms with van der Waals surface area (Å²) in [6.45, 7) is 0. The van der Waals surface area contributed by atoms with Crippen LogP contribution in [0.5, 0.6) is 0 Å². The van der Waals surface area contributed by atoms with Crippen LogP contribution in [0.25, 0.3) is 107 Å². The maximum atomic E-state index is 5.26. The molecule has 0 aliphatic rings. The topological polar surface area (TPSA) is 81.4 Å². The number of rotatable bonds is 10. The van der Waals surface area contributed by atoms with E-state index in [9.17, 15) is 0 Å². The molecule has 68 heavy (non-hydrogen) atoms. The van der Waals surface area contributed by atoms with Crippen molar-refractivity contribution in [1.82, 2.24) is 29.5 Å². The van der Waals surface area contributed by atoms with Gasteiger partial charge in [-0.3, -0.25) is 0 Å². The fraction of sp³-hybridized carbons (Fsp3) is 0. The highest BCUT2D eigenvalue weighted by molar-refractivity contribution is 6.10. The minimum Gasteiger partial charge on any atom is -0.355 e. The van der Waals surface area contributed by atoms with Crippen LogP contribution in [0.4, 0.5) is 11.4 Å². The van der Waals surface area contributed by atoms with Crippen LogP contribution in [0.1, 0.15) is 0 Å². The molecule has 0 radical (unpaired) electrons. The monoisotopic (exact) mass is 871 g/mol. The van der Waals surface area contributed by atoms with Crippen LogP contribution in [0.3, 0.4) is 0 Å². The van der Waals surface area contributed by atoms with Crippen molar-refractivity contribution in [3.8, 4) is 84.7 Å². The number of hydrogen-bond donors (Lipinski definition) is 1. The summed E-state index contributed by atoms with van der Waals surface area (Å²) in [5.41, 5.74) is 14.8. The second kappa shape index (κ2) is 17.6. The first-order valence-electron chi connectivity index (χ1n) is 22.7. The molecule has 3 heterocycles. The van der Waals surface area contributed by atoms with Crippen LogP contribution in [0, 0.1) is 0 Å². The highest BCUT2D eigenvalue weighted by Crippen LogP contribution is 2.41. The third kappa shape index (κ3) is 7.74. The SMILES string of the molecule is c1ccc(Nc2ccc(-c3ccc4c(c3)c3ccccc3n4-c3cccc(-c4nc(-c5ccccc5)nc(-c5ccccc5)n4)c3)cc2-c2cnc(-c3ccccc3)nc2-c2ccccc2)cc1. The van der Waals surface area contributed by atoms with E-state index >= 15 is 0 Å². The van der Waals surface area contributed by atoms with Crippen LogP contribution < -0.4 is 5.32 Å². The standard InChI is InChI=1S/C61H41N7/c1-6-19-41(20-7-1)57-53(40-62-58(64-57)42-21-8-2-9-22-42)51-38-45(33-35-54(51)63-48-28-14-5-15-29-48)46-34-36-56-52(39-46)50-31-16-17-32-55(50)68(56)49-30-18-27-47(37-49)61-66-59(43-23-10-3-11-24-43)65-60(67-61)44-25-12-4-13-26-44/h1-40,63H. The summed E-state index contributed by atoms with van der Waals surface area (Å²) in [5, 5.41) is 6.02. The average Bonchev–Trinajstić information content (AvgIpc) is 3.76. The summed E-state index contributed by atoms with van der Waals surface area (Å²) >= 11 is 0. The first-order chi connectivity index (χ1) is 33.7. The summed E-state index contributed by atoms with van der Waals surface area (Å²) in [5.74, 6) is 2.55. The van der Waals surface area contributed by atoms with E-state index < -0.39 is 0 Å². The zero-order valence-electron chi connectivity index (χ0n) is 36.8. The first-order valence-corrected chi connectivity index (χ1v) is 22.7. The summed E-state index contributed by atoms with van der Waals surface area (Å²) < 4.78 is 2.34. The maximum Gasteiger partial charge on any atom is 0.164 e. The number of hydrogen-bond acceptors (Lipinski definition) is 6. The van der Waals surface area contributed by atoms with Gasteiger partial charge >= 0.3 is 0 Å². The van der Waals surface area contributed by atoms with E-state index in [-0.39, 0.29) is 0 Å². The van der Waals surface area contributed by atoms with Gasteiger partial charge in [0.2, 0.25) is 0 Å². The Balaban J connectivity index is 0.988. The molecule has 0 saturated carbocycles. The van der Waals surface area contributed by atoms with E-state index in [1.807, 2.05) is 109 Å². The van der Waals surface area contributed by atoms with Crippen molar-refractivity contribution in [2.75, 3.05) is 5.32 Å². The van der Waals surface area contributed by atoms with E-state index in [1.54, 1.807) is 0 Å². The molecule has 320 valence electrons. The largest absolute Gasteiger partial charge is 0.355 e. The Hall–Kier alpha value is -9.33. The third-order valence-electron chi connectivity index (χ3n) is 12.3. The fourth-order valence-corrected chi connectivity index (χ4v) is 9.01. The lowest BCUT2D eigenvalue weighted by atomic mass is 9.94. The second-order valence-corrected chi connectivity index (χ2v) is 16.6. The Morgan fingerprint density at radius 1 is 0.324 bits per heavy atom. The Morgan fingerprint density at radius 2 is 0.838 bits per heavy atom. The van der Waals surface area contributed by atoms with E-state index in [0.717, 1.165) is 94.6 Å². The van der Waals surface area contributed by atoms with E-state index in [2.05, 4.69) is 143 Å². The third-order valence-corrected chi connectivity index (χ3v) is 12.3. The van der Waals surface area contributed by atoms with E-state index in [4.69, 9.17) is 24.9 Å². The van der Waals surface area contributed by atoms with Gasteiger partial charge in [-0.2, -0.15) is 0 Å². The van der Waals surface area contributed by atoms with Gasteiger partial charge in [-0.25, -0.2) is 24.9 Å². The first kappa shape index (κ1) is 40.2. The highest BCUT2D eigenvalue weighted by Gasteiger charge is 2.20. The molecule has 12 aromatic rings. The van der Waals surface area contributed by atoms with Gasteiger partial charge in [-0.1, -0.05) is 182 Å². The second-order valence-electron chi connectivity index (χ2n) is 16.6. The lowest BCUT2D eigenvalue weighted by Crippen LogP contribution is -2.01. The lowest BCUT2D eigenvalue weighted by molar-refractivity contribution is 1.07. The number of nitrogens with zero attached hydrogens (tertiary/aromatic N) is 6. The molecule has 0 spiro atoms. The van der Waals surface area contributed by atoms with E-state index in [0.29, 0.717) is 23.3 Å². The van der Waals surface area contributed by atoms with Crippen molar-refractivity contribution in [2.24, 2.45) is 0 Å². The van der Waals surface area contributed by atoms with Gasteiger partial charge in [-0.15, -0.1) is 0 Å². The Kier molecular flexibility index (Phi) is 10.4. The molecule has 7 heteroatoms.